The van der Waals surface area contributed by atoms with E-state index in [1.165, 1.54) is 4.88 Å². The highest BCUT2D eigenvalue weighted by atomic mass is 32.1. The van der Waals surface area contributed by atoms with Crippen LogP contribution in [0.15, 0.2) is 17.5 Å². The summed E-state index contributed by atoms with van der Waals surface area (Å²) >= 11 is 1.68. The number of nitrogens with zero attached hydrogens (tertiary/aromatic N) is 1. The highest BCUT2D eigenvalue weighted by Crippen LogP contribution is 2.17. The summed E-state index contributed by atoms with van der Waals surface area (Å²) in [5.74, 6) is 0.123. The van der Waals surface area contributed by atoms with Gasteiger partial charge in [-0.2, -0.15) is 0 Å². The SMILES string of the molecule is C[C@H](NC(=O)CN1CCCNCC1)c1cccs1. The zero-order valence-corrected chi connectivity index (χ0v) is 11.6. The monoisotopic (exact) mass is 267 g/mol. The van der Waals surface area contributed by atoms with Gasteiger partial charge in [0.15, 0.2) is 0 Å². The maximum atomic E-state index is 12.0. The summed E-state index contributed by atoms with van der Waals surface area (Å²) in [7, 11) is 0. The van der Waals surface area contributed by atoms with Gasteiger partial charge >= 0.3 is 0 Å². The highest BCUT2D eigenvalue weighted by molar-refractivity contribution is 7.10. The Morgan fingerprint density at radius 3 is 3.22 bits per heavy atom. The van der Waals surface area contributed by atoms with E-state index in [-0.39, 0.29) is 11.9 Å². The van der Waals surface area contributed by atoms with Gasteiger partial charge in [0.1, 0.15) is 0 Å². The van der Waals surface area contributed by atoms with Crippen molar-refractivity contribution in [3.8, 4) is 0 Å². The van der Waals surface area contributed by atoms with Crippen LogP contribution >= 0.6 is 11.3 Å². The Labute approximate surface area is 112 Å². The molecule has 0 radical (unpaired) electrons. The lowest BCUT2D eigenvalue weighted by Crippen LogP contribution is -2.39. The third kappa shape index (κ3) is 4.08. The van der Waals surface area contributed by atoms with Crippen molar-refractivity contribution < 1.29 is 4.79 Å². The second-order valence-electron chi connectivity index (χ2n) is 4.68. The van der Waals surface area contributed by atoms with Gasteiger partial charge < -0.3 is 10.6 Å². The Morgan fingerprint density at radius 2 is 2.44 bits per heavy atom. The van der Waals surface area contributed by atoms with Crippen LogP contribution in [0.1, 0.15) is 24.3 Å². The largest absolute Gasteiger partial charge is 0.348 e. The lowest BCUT2D eigenvalue weighted by molar-refractivity contribution is -0.122. The predicted octanol–water partition coefficient (Wildman–Crippen LogP) is 1.22. The molecule has 1 amide bonds. The molecule has 1 aliphatic heterocycles. The van der Waals surface area contributed by atoms with Crippen LogP contribution in [0, 0.1) is 0 Å². The average molecular weight is 267 g/mol. The van der Waals surface area contributed by atoms with Crippen molar-refractivity contribution in [3.63, 3.8) is 0 Å². The van der Waals surface area contributed by atoms with E-state index in [9.17, 15) is 4.79 Å². The van der Waals surface area contributed by atoms with E-state index in [1.807, 2.05) is 18.4 Å². The second kappa shape index (κ2) is 6.87. The molecule has 0 aliphatic carbocycles. The topological polar surface area (TPSA) is 44.4 Å². The van der Waals surface area contributed by atoms with Crippen molar-refractivity contribution in [2.75, 3.05) is 32.7 Å². The molecule has 1 aromatic rings. The third-order valence-electron chi connectivity index (χ3n) is 3.15. The van der Waals surface area contributed by atoms with Crippen LogP contribution in [0.25, 0.3) is 0 Å². The molecular weight excluding hydrogens is 246 g/mol. The second-order valence-corrected chi connectivity index (χ2v) is 5.66. The third-order valence-corrected chi connectivity index (χ3v) is 4.20. The Balaban J connectivity index is 1.77. The fourth-order valence-electron chi connectivity index (χ4n) is 2.16. The first kappa shape index (κ1) is 13.5. The molecule has 0 spiro atoms. The number of amides is 1. The Kier molecular flexibility index (Phi) is 5.16. The van der Waals surface area contributed by atoms with Crippen molar-refractivity contribution in [1.29, 1.82) is 0 Å². The first-order valence-electron chi connectivity index (χ1n) is 6.51. The van der Waals surface area contributed by atoms with Crippen molar-refractivity contribution >= 4 is 17.2 Å². The molecule has 1 fully saturated rings. The average Bonchev–Trinajstić information content (AvgIpc) is 2.76. The molecule has 0 saturated carbocycles. The Morgan fingerprint density at radius 1 is 1.56 bits per heavy atom. The van der Waals surface area contributed by atoms with Crippen molar-refractivity contribution in [3.05, 3.63) is 22.4 Å². The van der Waals surface area contributed by atoms with Crippen LogP contribution in [0.2, 0.25) is 0 Å². The first-order chi connectivity index (χ1) is 8.75. The smallest absolute Gasteiger partial charge is 0.234 e. The summed E-state index contributed by atoms with van der Waals surface area (Å²) in [6, 6.07) is 4.19. The summed E-state index contributed by atoms with van der Waals surface area (Å²) in [5, 5.41) is 8.44. The van der Waals surface area contributed by atoms with Crippen molar-refractivity contribution in [1.82, 2.24) is 15.5 Å². The summed E-state index contributed by atoms with van der Waals surface area (Å²) in [5.41, 5.74) is 0. The molecule has 1 aliphatic rings. The van der Waals surface area contributed by atoms with E-state index in [4.69, 9.17) is 0 Å². The number of carbonyl (C=O) groups is 1. The number of hydrogen-bond acceptors (Lipinski definition) is 4. The van der Waals surface area contributed by atoms with E-state index < -0.39 is 0 Å². The van der Waals surface area contributed by atoms with Gasteiger partial charge in [0.05, 0.1) is 12.6 Å². The van der Waals surface area contributed by atoms with E-state index in [2.05, 4.69) is 21.6 Å². The number of carbonyl (C=O) groups excluding carboxylic acids is 1. The number of hydrogen-bond donors (Lipinski definition) is 2. The molecule has 1 saturated heterocycles. The fraction of sp³-hybridized carbons (Fsp3) is 0.615. The van der Waals surface area contributed by atoms with E-state index >= 15 is 0 Å². The van der Waals surface area contributed by atoms with Gasteiger partial charge in [-0.15, -0.1) is 11.3 Å². The molecule has 18 heavy (non-hydrogen) atoms. The van der Waals surface area contributed by atoms with Crippen LogP contribution < -0.4 is 10.6 Å². The predicted molar refractivity (Wildman–Crippen MR) is 74.8 cm³/mol. The first-order valence-corrected chi connectivity index (χ1v) is 7.39. The highest BCUT2D eigenvalue weighted by Gasteiger charge is 2.15. The van der Waals surface area contributed by atoms with Gasteiger partial charge in [0, 0.05) is 18.0 Å². The molecule has 5 heteroatoms. The zero-order valence-electron chi connectivity index (χ0n) is 10.8. The lowest BCUT2D eigenvalue weighted by atomic mass is 10.2. The molecule has 0 bridgehead atoms. The van der Waals surface area contributed by atoms with Crippen LogP contribution in [-0.2, 0) is 4.79 Å². The summed E-state index contributed by atoms with van der Waals surface area (Å²) in [6.45, 7) is 6.55. The number of rotatable bonds is 4. The normalized spacial score (nSPS) is 19.2. The zero-order chi connectivity index (χ0) is 12.8. The van der Waals surface area contributed by atoms with Crippen molar-refractivity contribution in [2.24, 2.45) is 0 Å². The number of thiophene rings is 1. The van der Waals surface area contributed by atoms with Gasteiger partial charge in [0.25, 0.3) is 0 Å². The molecule has 100 valence electrons. The minimum absolute atomic E-state index is 0.114. The molecule has 1 aromatic heterocycles. The standard InChI is InChI=1S/C13H21N3OS/c1-11(12-4-2-9-18-12)15-13(17)10-16-7-3-5-14-6-8-16/h2,4,9,11,14H,3,5-8,10H2,1H3,(H,15,17)/t11-/m0/s1. The summed E-state index contributed by atoms with van der Waals surface area (Å²) < 4.78 is 0. The van der Waals surface area contributed by atoms with Gasteiger partial charge in [-0.1, -0.05) is 6.07 Å². The molecule has 2 heterocycles. The van der Waals surface area contributed by atoms with Crippen LogP contribution in [0.4, 0.5) is 0 Å². The molecule has 1 atom stereocenters. The van der Waals surface area contributed by atoms with Crippen LogP contribution in [0.3, 0.4) is 0 Å². The molecule has 2 N–H and O–H groups in total. The Hall–Kier alpha value is -0.910. The van der Waals surface area contributed by atoms with E-state index in [0.717, 1.165) is 32.6 Å². The van der Waals surface area contributed by atoms with Gasteiger partial charge in [-0.25, -0.2) is 0 Å². The van der Waals surface area contributed by atoms with Gasteiger partial charge in [0.2, 0.25) is 5.91 Å². The maximum Gasteiger partial charge on any atom is 0.234 e. The van der Waals surface area contributed by atoms with Gasteiger partial charge in [-0.3, -0.25) is 9.69 Å². The minimum atomic E-state index is 0.114. The molecular formula is C13H21N3OS. The summed E-state index contributed by atoms with van der Waals surface area (Å²) in [4.78, 5) is 15.4. The lowest BCUT2D eigenvalue weighted by Gasteiger charge is -2.20. The van der Waals surface area contributed by atoms with E-state index in [1.54, 1.807) is 11.3 Å². The van der Waals surface area contributed by atoms with Crippen LogP contribution in [-0.4, -0.2) is 43.5 Å². The van der Waals surface area contributed by atoms with Crippen molar-refractivity contribution in [2.45, 2.75) is 19.4 Å². The molecule has 0 aromatic carbocycles. The van der Waals surface area contributed by atoms with Crippen LogP contribution in [0.5, 0.6) is 0 Å². The Bertz CT molecular complexity index is 358. The molecule has 0 unspecified atom stereocenters. The maximum absolute atomic E-state index is 12.0. The minimum Gasteiger partial charge on any atom is -0.348 e. The summed E-state index contributed by atoms with van der Waals surface area (Å²) in [6.07, 6.45) is 1.12. The van der Waals surface area contributed by atoms with Gasteiger partial charge in [-0.05, 0) is 37.9 Å². The quantitative estimate of drug-likeness (QED) is 0.862. The number of nitrogens with one attached hydrogen (secondary N) is 2. The van der Waals surface area contributed by atoms with E-state index in [0.29, 0.717) is 6.54 Å². The fourth-order valence-corrected chi connectivity index (χ4v) is 2.89. The molecule has 4 nitrogen and oxygen atoms in total. The molecule has 2 rings (SSSR count).